The van der Waals surface area contributed by atoms with Gasteiger partial charge in [0.2, 0.25) is 10.0 Å². The van der Waals surface area contributed by atoms with Crippen molar-refractivity contribution >= 4 is 10.0 Å². The summed E-state index contributed by atoms with van der Waals surface area (Å²) < 4.78 is 27.7. The molecule has 1 aromatic heterocycles. The highest BCUT2D eigenvalue weighted by Gasteiger charge is 2.31. The minimum atomic E-state index is -3.61. The van der Waals surface area contributed by atoms with Crippen LogP contribution >= 0.6 is 0 Å². The van der Waals surface area contributed by atoms with Crippen LogP contribution in [0, 0.1) is 11.3 Å². The number of nitrogens with zero attached hydrogens (tertiary/aromatic N) is 4. The van der Waals surface area contributed by atoms with E-state index in [4.69, 9.17) is 5.26 Å². The Labute approximate surface area is 114 Å². The molecule has 0 aliphatic rings. The molecule has 106 valence electrons. The lowest BCUT2D eigenvalue weighted by atomic mass is 9.92. The number of nitriles is 1. The van der Waals surface area contributed by atoms with Gasteiger partial charge in [-0.1, -0.05) is 20.8 Å². The molecule has 0 bridgehead atoms. The van der Waals surface area contributed by atoms with E-state index in [0.29, 0.717) is 5.69 Å². The Hall–Kier alpha value is -1.39. The Morgan fingerprint density at radius 2 is 2.05 bits per heavy atom. The largest absolute Gasteiger partial charge is 0.274 e. The molecule has 6 nitrogen and oxygen atoms in total. The monoisotopic (exact) mass is 284 g/mol. The highest BCUT2D eigenvalue weighted by atomic mass is 32.2. The summed E-state index contributed by atoms with van der Waals surface area (Å²) in [6, 6.07) is 1.95. The Morgan fingerprint density at radius 3 is 2.53 bits per heavy atom. The van der Waals surface area contributed by atoms with Gasteiger partial charge >= 0.3 is 0 Å². The first-order valence-electron chi connectivity index (χ1n) is 5.98. The van der Waals surface area contributed by atoms with Gasteiger partial charge < -0.3 is 0 Å². The fourth-order valence-corrected chi connectivity index (χ4v) is 3.22. The predicted molar refractivity (Wildman–Crippen MR) is 72.0 cm³/mol. The number of rotatable bonds is 4. The van der Waals surface area contributed by atoms with Crippen LogP contribution in [0.1, 0.15) is 32.9 Å². The number of aromatic nitrogens is 2. The van der Waals surface area contributed by atoms with Crippen LogP contribution in [0.5, 0.6) is 0 Å². The van der Waals surface area contributed by atoms with E-state index in [1.54, 1.807) is 7.05 Å². The lowest BCUT2D eigenvalue weighted by molar-refractivity contribution is 0.470. The van der Waals surface area contributed by atoms with E-state index in [1.807, 2.05) is 26.8 Å². The van der Waals surface area contributed by atoms with Crippen LogP contribution in [0.2, 0.25) is 0 Å². The van der Waals surface area contributed by atoms with Gasteiger partial charge in [-0.15, -0.1) is 0 Å². The van der Waals surface area contributed by atoms with Gasteiger partial charge in [-0.3, -0.25) is 4.68 Å². The first-order chi connectivity index (χ1) is 8.60. The SMILES string of the molecule is CN(CCC#N)S(=O)(=O)c1cn(C)nc1C(C)(C)C. The minimum absolute atomic E-state index is 0.168. The zero-order valence-electron chi connectivity index (χ0n) is 12.0. The molecule has 0 radical (unpaired) electrons. The summed E-state index contributed by atoms with van der Waals surface area (Å²) in [5.41, 5.74) is 0.179. The Bertz CT molecular complexity index is 590. The van der Waals surface area contributed by atoms with Crippen molar-refractivity contribution in [3.63, 3.8) is 0 Å². The molecule has 0 aliphatic heterocycles. The van der Waals surface area contributed by atoms with Gasteiger partial charge in [-0.2, -0.15) is 14.7 Å². The molecule has 0 amide bonds. The molecular formula is C12H20N4O2S. The van der Waals surface area contributed by atoms with Crippen molar-refractivity contribution in [2.24, 2.45) is 7.05 Å². The third-order valence-corrected chi connectivity index (χ3v) is 4.59. The third kappa shape index (κ3) is 3.33. The van der Waals surface area contributed by atoms with Crippen molar-refractivity contribution in [1.29, 1.82) is 5.26 Å². The van der Waals surface area contributed by atoms with Gasteiger partial charge in [-0.05, 0) is 0 Å². The normalized spacial score (nSPS) is 12.7. The molecule has 1 rings (SSSR count). The fraction of sp³-hybridized carbons (Fsp3) is 0.667. The van der Waals surface area contributed by atoms with Crippen molar-refractivity contribution in [1.82, 2.24) is 14.1 Å². The maximum absolute atomic E-state index is 12.5. The van der Waals surface area contributed by atoms with E-state index >= 15 is 0 Å². The maximum Gasteiger partial charge on any atom is 0.246 e. The van der Waals surface area contributed by atoms with E-state index < -0.39 is 10.0 Å². The van der Waals surface area contributed by atoms with E-state index in [2.05, 4.69) is 5.10 Å². The lowest BCUT2D eigenvalue weighted by Gasteiger charge is -2.20. The topological polar surface area (TPSA) is 79.0 Å². The van der Waals surface area contributed by atoms with Crippen LogP contribution < -0.4 is 0 Å². The third-order valence-electron chi connectivity index (χ3n) is 2.73. The summed E-state index contributed by atoms with van der Waals surface area (Å²) in [5, 5.41) is 12.8. The summed E-state index contributed by atoms with van der Waals surface area (Å²) >= 11 is 0. The molecule has 1 aromatic rings. The van der Waals surface area contributed by atoms with Crippen LogP contribution in [0.25, 0.3) is 0 Å². The molecular weight excluding hydrogens is 264 g/mol. The van der Waals surface area contributed by atoms with Crippen LogP contribution in [-0.4, -0.2) is 36.1 Å². The molecule has 0 aromatic carbocycles. The van der Waals surface area contributed by atoms with Gasteiger partial charge in [0.05, 0.1) is 11.8 Å². The second-order valence-electron chi connectivity index (χ2n) is 5.50. The quantitative estimate of drug-likeness (QED) is 0.833. The predicted octanol–water partition coefficient (Wildman–Crippen LogP) is 1.25. The Balaban J connectivity index is 3.26. The standard InChI is InChI=1S/C12H20N4O2S/c1-12(2,3)11-10(9-15(4)14-11)19(17,18)16(5)8-6-7-13/h9H,6,8H2,1-5H3. The molecule has 0 aliphatic carbocycles. The highest BCUT2D eigenvalue weighted by molar-refractivity contribution is 7.89. The molecule has 0 unspecified atom stereocenters. The van der Waals surface area contributed by atoms with Crippen LogP contribution in [-0.2, 0) is 22.5 Å². The van der Waals surface area contributed by atoms with Crippen LogP contribution in [0.4, 0.5) is 0 Å². The van der Waals surface area contributed by atoms with E-state index in [-0.39, 0.29) is 23.3 Å². The Morgan fingerprint density at radius 1 is 1.47 bits per heavy atom. The first kappa shape index (κ1) is 15.7. The highest BCUT2D eigenvalue weighted by Crippen LogP contribution is 2.28. The number of sulfonamides is 1. The van der Waals surface area contributed by atoms with Gasteiger partial charge in [0, 0.05) is 38.7 Å². The molecule has 0 N–H and O–H groups in total. The average Bonchev–Trinajstić information content (AvgIpc) is 2.68. The molecule has 0 saturated heterocycles. The van der Waals surface area contributed by atoms with Crippen molar-refractivity contribution in [2.45, 2.75) is 37.5 Å². The molecule has 0 atom stereocenters. The number of aryl methyl sites for hydroxylation is 1. The van der Waals surface area contributed by atoms with Gasteiger partial charge in [0.25, 0.3) is 0 Å². The van der Waals surface area contributed by atoms with Gasteiger partial charge in [-0.25, -0.2) is 8.42 Å². The van der Waals surface area contributed by atoms with E-state index in [1.165, 1.54) is 22.2 Å². The summed E-state index contributed by atoms with van der Waals surface area (Å²) in [6.45, 7) is 5.94. The van der Waals surface area contributed by atoms with Crippen LogP contribution in [0.15, 0.2) is 11.1 Å². The summed E-state index contributed by atoms with van der Waals surface area (Å²) in [7, 11) is -0.429. The van der Waals surface area contributed by atoms with E-state index in [0.717, 1.165) is 0 Å². The van der Waals surface area contributed by atoms with Crippen molar-refractivity contribution < 1.29 is 8.42 Å². The van der Waals surface area contributed by atoms with Crippen LogP contribution in [0.3, 0.4) is 0 Å². The lowest BCUT2D eigenvalue weighted by Crippen LogP contribution is -2.29. The molecule has 0 saturated carbocycles. The summed E-state index contributed by atoms with van der Waals surface area (Å²) in [4.78, 5) is 0.211. The number of hydrogen-bond donors (Lipinski definition) is 0. The first-order valence-corrected chi connectivity index (χ1v) is 7.42. The molecule has 0 spiro atoms. The van der Waals surface area contributed by atoms with Gasteiger partial charge in [0.1, 0.15) is 4.90 Å². The second kappa shape index (κ2) is 5.31. The maximum atomic E-state index is 12.5. The van der Waals surface area contributed by atoms with Crippen molar-refractivity contribution in [3.05, 3.63) is 11.9 Å². The summed E-state index contributed by atoms with van der Waals surface area (Å²) in [6.07, 6.45) is 1.68. The zero-order chi connectivity index (χ0) is 14.8. The second-order valence-corrected chi connectivity index (χ2v) is 7.51. The molecule has 19 heavy (non-hydrogen) atoms. The number of hydrogen-bond acceptors (Lipinski definition) is 4. The average molecular weight is 284 g/mol. The summed E-state index contributed by atoms with van der Waals surface area (Å²) in [5.74, 6) is 0. The molecule has 7 heteroatoms. The van der Waals surface area contributed by atoms with Crippen molar-refractivity contribution in [3.8, 4) is 6.07 Å². The smallest absolute Gasteiger partial charge is 0.246 e. The molecule has 0 fully saturated rings. The molecule has 1 heterocycles. The minimum Gasteiger partial charge on any atom is -0.274 e. The van der Waals surface area contributed by atoms with Gasteiger partial charge in [0.15, 0.2) is 0 Å². The van der Waals surface area contributed by atoms with E-state index in [9.17, 15) is 8.42 Å². The fourth-order valence-electron chi connectivity index (χ4n) is 1.67. The Kier molecular flexibility index (Phi) is 4.38. The zero-order valence-corrected chi connectivity index (χ0v) is 12.8. The van der Waals surface area contributed by atoms with Crippen molar-refractivity contribution in [2.75, 3.05) is 13.6 Å².